The number of benzene rings is 2. The number of aliphatic carboxylic acids is 1. The number of rotatable bonds is 5. The van der Waals surface area contributed by atoms with E-state index in [2.05, 4.69) is 0 Å². The number of aryl methyl sites for hydroxylation is 2. The Morgan fingerprint density at radius 3 is 1.85 bits per heavy atom. The minimum Gasteiger partial charge on any atom is -0.480 e. The number of hydrogen-bond acceptors (Lipinski definition) is 2. The first kappa shape index (κ1) is 14.3. The minimum atomic E-state index is -0.961. The smallest absolute Gasteiger partial charge is 0.329 e. The van der Waals surface area contributed by atoms with Gasteiger partial charge in [-0.2, -0.15) is 0 Å². The molecule has 3 nitrogen and oxygen atoms in total. The fraction of sp³-hybridized carbons (Fsp3) is 0.235. The van der Waals surface area contributed by atoms with Crippen LogP contribution in [0.2, 0.25) is 0 Å². The zero-order valence-electron chi connectivity index (χ0n) is 11.7. The van der Waals surface area contributed by atoms with E-state index < -0.39 is 5.97 Å². The van der Waals surface area contributed by atoms with E-state index in [1.807, 2.05) is 62.4 Å². The maximum absolute atomic E-state index is 10.8. The second-order valence-corrected chi connectivity index (χ2v) is 4.80. The van der Waals surface area contributed by atoms with E-state index in [1.54, 1.807) is 0 Å². The van der Waals surface area contributed by atoms with Gasteiger partial charge in [0.05, 0.1) is 0 Å². The van der Waals surface area contributed by atoms with E-state index in [0.29, 0.717) is 0 Å². The summed E-state index contributed by atoms with van der Waals surface area (Å²) in [6, 6.07) is 15.8. The molecule has 0 bridgehead atoms. The molecule has 2 rings (SSSR count). The number of carbonyl (C=O) groups is 1. The molecule has 0 unspecified atom stereocenters. The van der Waals surface area contributed by atoms with Crippen molar-refractivity contribution >= 4 is 5.97 Å². The van der Waals surface area contributed by atoms with Crippen molar-refractivity contribution in [2.45, 2.75) is 20.0 Å². The van der Waals surface area contributed by atoms with Gasteiger partial charge < -0.3 is 9.84 Å². The van der Waals surface area contributed by atoms with Crippen LogP contribution in [0.4, 0.5) is 0 Å². The fourth-order valence-corrected chi connectivity index (χ4v) is 2.26. The van der Waals surface area contributed by atoms with Gasteiger partial charge in [0.2, 0.25) is 0 Å². The number of ether oxygens (including phenoxy) is 1. The molecule has 0 saturated heterocycles. The number of carboxylic acids is 1. The molecule has 0 spiro atoms. The number of hydrogen-bond donors (Lipinski definition) is 1. The minimum absolute atomic E-state index is 0.312. The van der Waals surface area contributed by atoms with Gasteiger partial charge in [0.25, 0.3) is 0 Å². The number of carboxylic acid groups (broad SMARTS) is 1. The van der Waals surface area contributed by atoms with Crippen molar-refractivity contribution in [2.75, 3.05) is 6.61 Å². The molecule has 20 heavy (non-hydrogen) atoms. The molecule has 2 aromatic rings. The molecule has 1 N–H and O–H groups in total. The summed E-state index contributed by atoms with van der Waals surface area (Å²) < 4.78 is 5.64. The van der Waals surface area contributed by atoms with Crippen LogP contribution in [0.25, 0.3) is 0 Å². The lowest BCUT2D eigenvalue weighted by Crippen LogP contribution is -2.15. The molecule has 0 heterocycles. The average Bonchev–Trinajstić information content (AvgIpc) is 2.42. The predicted molar refractivity (Wildman–Crippen MR) is 77.8 cm³/mol. The van der Waals surface area contributed by atoms with Crippen LogP contribution in [0, 0.1) is 13.8 Å². The van der Waals surface area contributed by atoms with Crippen molar-refractivity contribution in [2.24, 2.45) is 0 Å². The summed E-state index contributed by atoms with van der Waals surface area (Å²) in [5.74, 6) is -0.961. The lowest BCUT2D eigenvalue weighted by atomic mass is 9.94. The lowest BCUT2D eigenvalue weighted by molar-refractivity contribution is -0.143. The first-order valence-electron chi connectivity index (χ1n) is 6.54. The van der Waals surface area contributed by atoms with Crippen LogP contribution in [-0.4, -0.2) is 17.7 Å². The van der Waals surface area contributed by atoms with Crippen molar-refractivity contribution in [3.63, 3.8) is 0 Å². The largest absolute Gasteiger partial charge is 0.480 e. The second-order valence-electron chi connectivity index (χ2n) is 4.80. The molecule has 0 aliphatic heterocycles. The van der Waals surface area contributed by atoms with Crippen molar-refractivity contribution < 1.29 is 14.6 Å². The molecule has 0 fully saturated rings. The van der Waals surface area contributed by atoms with Crippen LogP contribution >= 0.6 is 0 Å². The van der Waals surface area contributed by atoms with Gasteiger partial charge in [-0.1, -0.05) is 48.5 Å². The van der Waals surface area contributed by atoms with Gasteiger partial charge in [0, 0.05) is 0 Å². The highest BCUT2D eigenvalue weighted by Gasteiger charge is 2.19. The Kier molecular flexibility index (Phi) is 4.53. The standard InChI is InChI=1S/C17H18O3/c1-12-7-3-5-9-14(12)17(20-11-16(18)19)15-10-6-4-8-13(15)2/h3-10,17H,11H2,1-2H3,(H,18,19). The molecule has 0 aliphatic carbocycles. The summed E-state index contributed by atoms with van der Waals surface area (Å²) >= 11 is 0. The first-order chi connectivity index (χ1) is 9.59. The van der Waals surface area contributed by atoms with Crippen molar-refractivity contribution in [3.05, 3.63) is 70.8 Å². The van der Waals surface area contributed by atoms with Crippen LogP contribution < -0.4 is 0 Å². The molecular formula is C17H18O3. The Bertz CT molecular complexity index is 559. The summed E-state index contributed by atoms with van der Waals surface area (Å²) in [6.45, 7) is 3.70. The van der Waals surface area contributed by atoms with Gasteiger partial charge in [0.1, 0.15) is 12.7 Å². The van der Waals surface area contributed by atoms with Gasteiger partial charge in [0.15, 0.2) is 0 Å². The van der Waals surface area contributed by atoms with Crippen LogP contribution in [0.1, 0.15) is 28.4 Å². The Balaban J connectivity index is 2.42. The fourth-order valence-electron chi connectivity index (χ4n) is 2.26. The SMILES string of the molecule is Cc1ccccc1C(OCC(=O)O)c1ccccc1C. The highest BCUT2D eigenvalue weighted by atomic mass is 16.5. The third kappa shape index (κ3) is 3.25. The van der Waals surface area contributed by atoms with Crippen LogP contribution in [0.15, 0.2) is 48.5 Å². The highest BCUT2D eigenvalue weighted by Crippen LogP contribution is 2.30. The van der Waals surface area contributed by atoms with E-state index in [0.717, 1.165) is 22.3 Å². The van der Waals surface area contributed by atoms with Gasteiger partial charge in [-0.25, -0.2) is 4.79 Å². The summed E-state index contributed by atoms with van der Waals surface area (Å²) in [6.07, 6.45) is -0.353. The monoisotopic (exact) mass is 270 g/mol. The Labute approximate surface area is 118 Å². The summed E-state index contributed by atoms with van der Waals surface area (Å²) in [4.78, 5) is 10.8. The van der Waals surface area contributed by atoms with Gasteiger partial charge in [-0.3, -0.25) is 0 Å². The van der Waals surface area contributed by atoms with E-state index in [-0.39, 0.29) is 12.7 Å². The molecule has 0 atom stereocenters. The molecule has 104 valence electrons. The molecule has 0 aromatic heterocycles. The normalized spacial score (nSPS) is 10.8. The highest BCUT2D eigenvalue weighted by molar-refractivity contribution is 5.68. The Hall–Kier alpha value is -2.13. The van der Waals surface area contributed by atoms with Gasteiger partial charge in [-0.05, 0) is 36.1 Å². The predicted octanol–water partition coefficient (Wildman–Crippen LogP) is 3.49. The Morgan fingerprint density at radius 1 is 1.00 bits per heavy atom. The quantitative estimate of drug-likeness (QED) is 0.904. The maximum Gasteiger partial charge on any atom is 0.329 e. The molecule has 0 aliphatic rings. The average molecular weight is 270 g/mol. The summed E-state index contributed by atoms with van der Waals surface area (Å²) in [5, 5.41) is 8.87. The van der Waals surface area contributed by atoms with Gasteiger partial charge in [-0.15, -0.1) is 0 Å². The van der Waals surface area contributed by atoms with E-state index >= 15 is 0 Å². The third-order valence-electron chi connectivity index (χ3n) is 3.32. The molecule has 0 radical (unpaired) electrons. The molecule has 3 heteroatoms. The maximum atomic E-state index is 10.8. The molecule has 0 amide bonds. The van der Waals surface area contributed by atoms with E-state index in [1.165, 1.54) is 0 Å². The van der Waals surface area contributed by atoms with Crippen LogP contribution in [-0.2, 0) is 9.53 Å². The van der Waals surface area contributed by atoms with Crippen molar-refractivity contribution in [3.8, 4) is 0 Å². The van der Waals surface area contributed by atoms with Crippen LogP contribution in [0.3, 0.4) is 0 Å². The molecular weight excluding hydrogens is 252 g/mol. The van der Waals surface area contributed by atoms with Crippen LogP contribution in [0.5, 0.6) is 0 Å². The van der Waals surface area contributed by atoms with Crippen molar-refractivity contribution in [1.82, 2.24) is 0 Å². The van der Waals surface area contributed by atoms with E-state index in [4.69, 9.17) is 9.84 Å². The topological polar surface area (TPSA) is 46.5 Å². The lowest BCUT2D eigenvalue weighted by Gasteiger charge is -2.21. The van der Waals surface area contributed by atoms with Crippen molar-refractivity contribution in [1.29, 1.82) is 0 Å². The van der Waals surface area contributed by atoms with E-state index in [9.17, 15) is 4.79 Å². The second kappa shape index (κ2) is 6.35. The van der Waals surface area contributed by atoms with Gasteiger partial charge >= 0.3 is 5.97 Å². The third-order valence-corrected chi connectivity index (χ3v) is 3.32. The zero-order valence-corrected chi connectivity index (χ0v) is 11.7. The summed E-state index contributed by atoms with van der Waals surface area (Å²) in [5.41, 5.74) is 4.18. The zero-order chi connectivity index (χ0) is 14.5. The summed E-state index contributed by atoms with van der Waals surface area (Å²) in [7, 11) is 0. The molecule has 2 aromatic carbocycles. The molecule has 0 saturated carbocycles. The Morgan fingerprint density at radius 2 is 1.45 bits per heavy atom. The first-order valence-corrected chi connectivity index (χ1v) is 6.54.